The summed E-state index contributed by atoms with van der Waals surface area (Å²) in [6.07, 6.45) is 1.09. The molecule has 2 rings (SSSR count). The number of hydrogen-bond acceptors (Lipinski definition) is 5. The van der Waals surface area contributed by atoms with Crippen molar-refractivity contribution in [2.75, 3.05) is 18.4 Å². The molecule has 0 amide bonds. The molecule has 0 unspecified atom stereocenters. The quantitative estimate of drug-likeness (QED) is 0.760. The van der Waals surface area contributed by atoms with Crippen molar-refractivity contribution in [3.05, 3.63) is 11.1 Å². The maximum Gasteiger partial charge on any atom is 0.197 e. The Balaban J connectivity index is 1.99. The van der Waals surface area contributed by atoms with Crippen LogP contribution < -0.4 is 10.6 Å². The molecule has 0 spiro atoms. The molecular weight excluding hydrogens is 220 g/mol. The molecule has 0 aliphatic carbocycles. The average molecular weight is 231 g/mol. The second-order valence-corrected chi connectivity index (χ2v) is 4.04. The highest BCUT2D eigenvalue weighted by Crippen LogP contribution is 2.16. The number of hydrogen-bond donors (Lipinski definition) is 2. The molecule has 0 radical (unpaired) electrons. The van der Waals surface area contributed by atoms with Gasteiger partial charge in [-0.05, 0) is 6.42 Å². The number of aromatic nitrogens is 1. The fourth-order valence-electron chi connectivity index (χ4n) is 1.14. The van der Waals surface area contributed by atoms with Gasteiger partial charge in [-0.15, -0.1) is 22.9 Å². The van der Waals surface area contributed by atoms with Crippen LogP contribution in [0.4, 0.5) is 5.13 Å². The van der Waals surface area contributed by atoms with Crippen LogP contribution in [0.5, 0.6) is 0 Å². The third-order valence-corrected chi connectivity index (χ3v) is 2.89. The number of aliphatic imine (C=N–C) groups is 1. The molecule has 1 aromatic heterocycles. The van der Waals surface area contributed by atoms with Gasteiger partial charge in [0.15, 0.2) is 11.1 Å². The van der Waals surface area contributed by atoms with E-state index in [0.717, 1.165) is 36.3 Å². The monoisotopic (exact) mass is 230 g/mol. The standard InChI is InChI=1S/C8H11ClN4S/c9-4-6-5-14-8(12-6)13-7-10-2-1-3-11-7/h5H,1-4H2,(H2,10,11,12,13). The lowest BCUT2D eigenvalue weighted by Gasteiger charge is -2.13. The predicted molar refractivity (Wildman–Crippen MR) is 60.2 cm³/mol. The number of thiazole rings is 1. The summed E-state index contributed by atoms with van der Waals surface area (Å²) >= 11 is 7.19. The Labute approximate surface area is 91.4 Å². The summed E-state index contributed by atoms with van der Waals surface area (Å²) in [4.78, 5) is 8.57. The van der Waals surface area contributed by atoms with Gasteiger partial charge in [-0.2, -0.15) is 0 Å². The van der Waals surface area contributed by atoms with E-state index in [1.54, 1.807) is 11.3 Å². The molecule has 6 heteroatoms. The van der Waals surface area contributed by atoms with Crippen molar-refractivity contribution < 1.29 is 0 Å². The number of alkyl halides is 1. The van der Waals surface area contributed by atoms with E-state index in [1.165, 1.54) is 0 Å². The van der Waals surface area contributed by atoms with E-state index >= 15 is 0 Å². The highest BCUT2D eigenvalue weighted by Gasteiger charge is 2.06. The van der Waals surface area contributed by atoms with Crippen molar-refractivity contribution in [3.63, 3.8) is 0 Å². The number of anilines is 1. The van der Waals surface area contributed by atoms with Crippen molar-refractivity contribution in [1.29, 1.82) is 0 Å². The third-order valence-electron chi connectivity index (χ3n) is 1.81. The van der Waals surface area contributed by atoms with E-state index in [1.807, 2.05) is 5.38 Å². The predicted octanol–water partition coefficient (Wildman–Crippen LogP) is 1.64. The van der Waals surface area contributed by atoms with Gasteiger partial charge >= 0.3 is 0 Å². The summed E-state index contributed by atoms with van der Waals surface area (Å²) in [6, 6.07) is 0. The summed E-state index contributed by atoms with van der Waals surface area (Å²) < 4.78 is 0. The number of guanidine groups is 1. The Kier molecular flexibility index (Phi) is 3.21. The summed E-state index contributed by atoms with van der Waals surface area (Å²) in [7, 11) is 0. The molecule has 2 N–H and O–H groups in total. The van der Waals surface area contributed by atoms with Gasteiger partial charge in [0, 0.05) is 18.5 Å². The van der Waals surface area contributed by atoms with Crippen LogP contribution in [0.25, 0.3) is 0 Å². The van der Waals surface area contributed by atoms with Crippen LogP contribution in [0, 0.1) is 0 Å². The van der Waals surface area contributed by atoms with Crippen LogP contribution in [0.15, 0.2) is 10.4 Å². The van der Waals surface area contributed by atoms with Gasteiger partial charge in [-0.1, -0.05) is 0 Å². The second-order valence-electron chi connectivity index (χ2n) is 2.91. The fourth-order valence-corrected chi connectivity index (χ4v) is 2.08. The van der Waals surface area contributed by atoms with Crippen molar-refractivity contribution >= 4 is 34.0 Å². The maximum atomic E-state index is 5.65. The molecule has 4 nitrogen and oxygen atoms in total. The molecular formula is C8H11ClN4S. The van der Waals surface area contributed by atoms with E-state index < -0.39 is 0 Å². The Morgan fingerprint density at radius 1 is 1.64 bits per heavy atom. The molecule has 1 aliphatic heterocycles. The molecule has 0 fully saturated rings. The van der Waals surface area contributed by atoms with Crippen molar-refractivity contribution in [3.8, 4) is 0 Å². The molecule has 1 aromatic rings. The lowest BCUT2D eigenvalue weighted by molar-refractivity contribution is 0.740. The second kappa shape index (κ2) is 4.61. The number of nitrogens with one attached hydrogen (secondary N) is 2. The van der Waals surface area contributed by atoms with E-state index in [4.69, 9.17) is 11.6 Å². The molecule has 0 saturated carbocycles. The maximum absolute atomic E-state index is 5.65. The number of nitrogens with zero attached hydrogens (tertiary/aromatic N) is 2. The topological polar surface area (TPSA) is 49.3 Å². The SMILES string of the molecule is ClCc1csc(NC2=NCCCN2)n1. The first-order valence-corrected chi connectivity index (χ1v) is 5.85. The molecule has 14 heavy (non-hydrogen) atoms. The van der Waals surface area contributed by atoms with Gasteiger partial charge in [0.1, 0.15) is 0 Å². The zero-order valence-electron chi connectivity index (χ0n) is 7.59. The number of rotatable bonds is 2. The van der Waals surface area contributed by atoms with E-state index in [0.29, 0.717) is 5.88 Å². The first kappa shape index (κ1) is 9.73. The molecule has 0 aromatic carbocycles. The molecule has 2 heterocycles. The molecule has 76 valence electrons. The molecule has 0 saturated heterocycles. The molecule has 0 bridgehead atoms. The minimum Gasteiger partial charge on any atom is -0.356 e. The largest absolute Gasteiger partial charge is 0.356 e. The number of halogens is 1. The highest BCUT2D eigenvalue weighted by atomic mass is 35.5. The Hall–Kier alpha value is -0.810. The normalized spacial score (nSPS) is 15.9. The zero-order chi connectivity index (χ0) is 9.80. The lowest BCUT2D eigenvalue weighted by Crippen LogP contribution is -2.35. The summed E-state index contributed by atoms with van der Waals surface area (Å²) in [5.74, 6) is 1.27. The van der Waals surface area contributed by atoms with Gasteiger partial charge < -0.3 is 10.6 Å². The first-order chi connectivity index (χ1) is 6.88. The Bertz CT molecular complexity index is 336. The van der Waals surface area contributed by atoms with E-state index in [9.17, 15) is 0 Å². The van der Waals surface area contributed by atoms with Crippen LogP contribution in [-0.4, -0.2) is 24.0 Å². The van der Waals surface area contributed by atoms with Gasteiger partial charge in [-0.25, -0.2) is 4.98 Å². The van der Waals surface area contributed by atoms with Crippen molar-refractivity contribution in [1.82, 2.24) is 10.3 Å². The van der Waals surface area contributed by atoms with Crippen molar-refractivity contribution in [2.45, 2.75) is 12.3 Å². The minimum absolute atomic E-state index is 0.456. The minimum atomic E-state index is 0.456. The van der Waals surface area contributed by atoms with Gasteiger partial charge in [0.25, 0.3) is 0 Å². The summed E-state index contributed by atoms with van der Waals surface area (Å²) in [5, 5.41) is 9.08. The highest BCUT2D eigenvalue weighted by molar-refractivity contribution is 7.14. The van der Waals surface area contributed by atoms with Crippen LogP contribution in [0.1, 0.15) is 12.1 Å². The summed E-state index contributed by atoms with van der Waals surface area (Å²) in [5.41, 5.74) is 0.899. The van der Waals surface area contributed by atoms with Crippen LogP contribution >= 0.6 is 22.9 Å². The Morgan fingerprint density at radius 3 is 3.21 bits per heavy atom. The Morgan fingerprint density at radius 2 is 2.57 bits per heavy atom. The van der Waals surface area contributed by atoms with Gasteiger partial charge in [0.05, 0.1) is 11.6 Å². The van der Waals surface area contributed by atoms with E-state index in [-0.39, 0.29) is 0 Å². The average Bonchev–Trinajstić information content (AvgIpc) is 2.67. The van der Waals surface area contributed by atoms with Crippen molar-refractivity contribution in [2.24, 2.45) is 4.99 Å². The third kappa shape index (κ3) is 2.36. The lowest BCUT2D eigenvalue weighted by atomic mass is 10.4. The van der Waals surface area contributed by atoms with Gasteiger partial charge in [0.2, 0.25) is 0 Å². The van der Waals surface area contributed by atoms with Gasteiger partial charge in [-0.3, -0.25) is 4.99 Å². The van der Waals surface area contributed by atoms with E-state index in [2.05, 4.69) is 20.6 Å². The first-order valence-electron chi connectivity index (χ1n) is 4.44. The summed E-state index contributed by atoms with van der Waals surface area (Å²) in [6.45, 7) is 1.85. The van der Waals surface area contributed by atoms with Crippen LogP contribution in [-0.2, 0) is 5.88 Å². The van der Waals surface area contributed by atoms with Crippen LogP contribution in [0.3, 0.4) is 0 Å². The smallest absolute Gasteiger partial charge is 0.197 e. The molecule has 0 atom stereocenters. The van der Waals surface area contributed by atoms with Crippen LogP contribution in [0.2, 0.25) is 0 Å². The fraction of sp³-hybridized carbons (Fsp3) is 0.500. The molecule has 1 aliphatic rings. The zero-order valence-corrected chi connectivity index (χ0v) is 9.16.